The molecule has 0 unspecified atom stereocenters. The van der Waals surface area contributed by atoms with Gasteiger partial charge in [0.2, 0.25) is 5.91 Å². The van der Waals surface area contributed by atoms with Crippen LogP contribution in [0.4, 0.5) is 5.69 Å². The molecule has 1 saturated heterocycles. The molecule has 216 valence electrons. The van der Waals surface area contributed by atoms with Gasteiger partial charge < -0.3 is 20.0 Å². The fraction of sp³-hybridized carbons (Fsp3) is 0.406. The van der Waals surface area contributed by atoms with E-state index in [1.165, 1.54) is 24.2 Å². The fourth-order valence-electron chi connectivity index (χ4n) is 5.60. The highest BCUT2D eigenvalue weighted by Crippen LogP contribution is 2.31. The van der Waals surface area contributed by atoms with Gasteiger partial charge in [0.25, 0.3) is 11.8 Å². The molecular formula is C32H37ClN4O3S. The Labute approximate surface area is 251 Å². The average molecular weight is 593 g/mol. The zero-order valence-corrected chi connectivity index (χ0v) is 25.1. The molecule has 0 spiro atoms. The Morgan fingerprint density at radius 1 is 1.02 bits per heavy atom. The van der Waals surface area contributed by atoms with Crippen LogP contribution in [0.5, 0.6) is 0 Å². The van der Waals surface area contributed by atoms with E-state index in [1.807, 2.05) is 41.3 Å². The molecule has 9 heteroatoms. The summed E-state index contributed by atoms with van der Waals surface area (Å²) in [6.07, 6.45) is 4.92. The molecule has 0 bridgehead atoms. The van der Waals surface area contributed by atoms with Crippen molar-refractivity contribution in [3.63, 3.8) is 0 Å². The van der Waals surface area contributed by atoms with Gasteiger partial charge in [-0.1, -0.05) is 61.3 Å². The Balaban J connectivity index is 1.22. The summed E-state index contributed by atoms with van der Waals surface area (Å²) in [5, 5.41) is 2.89. The van der Waals surface area contributed by atoms with Gasteiger partial charge in [0.1, 0.15) is 0 Å². The number of carbonyl (C=O) groups is 3. The molecule has 0 aliphatic carbocycles. The largest absolute Gasteiger partial charge is 0.341 e. The van der Waals surface area contributed by atoms with Gasteiger partial charge in [0.05, 0.1) is 26.9 Å². The van der Waals surface area contributed by atoms with Crippen LogP contribution in [0.15, 0.2) is 54.6 Å². The van der Waals surface area contributed by atoms with Crippen LogP contribution in [0.25, 0.3) is 0 Å². The lowest BCUT2D eigenvalue weighted by Gasteiger charge is -2.25. The van der Waals surface area contributed by atoms with E-state index in [-0.39, 0.29) is 17.7 Å². The van der Waals surface area contributed by atoms with Crippen LogP contribution in [-0.4, -0.2) is 65.1 Å². The number of thiophene rings is 1. The SMILES string of the molecule is CCCCN(CCN1CCCC1)C(=O)Cc1cccc(CN2Cc3cccc(NC(=O)c4ccc(Cl)s4)c3C2=O)c1. The van der Waals surface area contributed by atoms with Crippen molar-refractivity contribution >= 4 is 46.3 Å². The third-order valence-corrected chi connectivity index (χ3v) is 9.03. The highest BCUT2D eigenvalue weighted by atomic mass is 35.5. The van der Waals surface area contributed by atoms with Crippen LogP contribution in [-0.2, 0) is 24.3 Å². The standard InChI is InChI=1S/C32H37ClN4O3S/c1-2-3-16-36(18-17-35-14-4-5-15-35)29(38)20-23-8-6-9-24(19-23)21-37-22-25-10-7-11-26(30(25)32(37)40)34-31(39)27-12-13-28(33)41-27/h6-13,19H,2-5,14-18,20-22H2,1H3,(H,34,39). The van der Waals surface area contributed by atoms with Gasteiger partial charge in [-0.15, -0.1) is 11.3 Å². The summed E-state index contributed by atoms with van der Waals surface area (Å²) in [6.45, 7) is 7.82. The van der Waals surface area contributed by atoms with Crippen molar-refractivity contribution in [1.82, 2.24) is 14.7 Å². The van der Waals surface area contributed by atoms with Gasteiger partial charge in [-0.05, 0) is 67.2 Å². The van der Waals surface area contributed by atoms with Gasteiger partial charge in [-0.25, -0.2) is 0 Å². The zero-order valence-electron chi connectivity index (χ0n) is 23.5. The van der Waals surface area contributed by atoms with Crippen molar-refractivity contribution < 1.29 is 14.4 Å². The van der Waals surface area contributed by atoms with E-state index in [4.69, 9.17) is 11.6 Å². The van der Waals surface area contributed by atoms with Gasteiger partial charge in [-0.3, -0.25) is 14.4 Å². The van der Waals surface area contributed by atoms with E-state index in [9.17, 15) is 14.4 Å². The van der Waals surface area contributed by atoms with E-state index in [0.29, 0.717) is 40.0 Å². The summed E-state index contributed by atoms with van der Waals surface area (Å²) in [6, 6.07) is 16.9. The van der Waals surface area contributed by atoms with E-state index in [2.05, 4.69) is 17.1 Å². The Bertz CT molecular complexity index is 1400. The van der Waals surface area contributed by atoms with E-state index in [0.717, 1.165) is 62.3 Å². The number of unbranched alkanes of at least 4 members (excludes halogenated alkanes) is 1. The number of anilines is 1. The quantitative estimate of drug-likeness (QED) is 0.277. The maximum Gasteiger partial charge on any atom is 0.265 e. The molecule has 2 aliphatic rings. The number of halogens is 1. The molecule has 3 heterocycles. The van der Waals surface area contributed by atoms with Crippen LogP contribution < -0.4 is 5.32 Å². The average Bonchev–Trinajstić information content (AvgIpc) is 3.71. The lowest BCUT2D eigenvalue weighted by atomic mass is 10.1. The smallest absolute Gasteiger partial charge is 0.265 e. The fourth-order valence-corrected chi connectivity index (χ4v) is 6.53. The van der Waals surface area contributed by atoms with Crippen molar-refractivity contribution in [2.75, 3.05) is 38.0 Å². The minimum Gasteiger partial charge on any atom is -0.341 e. The normalized spacial score (nSPS) is 14.9. The number of hydrogen-bond acceptors (Lipinski definition) is 5. The maximum absolute atomic E-state index is 13.5. The van der Waals surface area contributed by atoms with Crippen LogP contribution in [0.1, 0.15) is 69.3 Å². The molecule has 2 aromatic carbocycles. The molecule has 0 radical (unpaired) electrons. The molecule has 1 N–H and O–H groups in total. The van der Waals surface area contributed by atoms with Gasteiger partial charge in [-0.2, -0.15) is 0 Å². The van der Waals surface area contributed by atoms with E-state index >= 15 is 0 Å². The van der Waals surface area contributed by atoms with Gasteiger partial charge in [0, 0.05) is 32.7 Å². The predicted octanol–water partition coefficient (Wildman–Crippen LogP) is 6.08. The summed E-state index contributed by atoms with van der Waals surface area (Å²) in [7, 11) is 0. The summed E-state index contributed by atoms with van der Waals surface area (Å²) in [4.78, 5) is 46.3. The van der Waals surface area contributed by atoms with Crippen LogP contribution >= 0.6 is 22.9 Å². The second-order valence-electron chi connectivity index (χ2n) is 10.8. The highest BCUT2D eigenvalue weighted by molar-refractivity contribution is 7.18. The number of rotatable bonds is 12. The first-order chi connectivity index (χ1) is 19.9. The lowest BCUT2D eigenvalue weighted by Crippen LogP contribution is -2.39. The number of benzene rings is 2. The third kappa shape index (κ3) is 7.36. The molecular weight excluding hydrogens is 556 g/mol. The molecule has 5 rings (SSSR count). The Morgan fingerprint density at radius 2 is 1.80 bits per heavy atom. The number of fused-ring (bicyclic) bond motifs is 1. The number of carbonyl (C=O) groups excluding carboxylic acids is 3. The second-order valence-corrected chi connectivity index (χ2v) is 12.6. The Morgan fingerprint density at radius 3 is 2.56 bits per heavy atom. The minimum absolute atomic E-state index is 0.116. The zero-order chi connectivity index (χ0) is 28.8. The first-order valence-corrected chi connectivity index (χ1v) is 15.7. The molecule has 0 saturated carbocycles. The molecule has 1 aromatic heterocycles. The number of hydrogen-bond donors (Lipinski definition) is 1. The van der Waals surface area contributed by atoms with Crippen molar-refractivity contribution in [2.45, 2.75) is 52.1 Å². The first kappa shape index (κ1) is 29.3. The minimum atomic E-state index is -0.285. The topological polar surface area (TPSA) is 73.0 Å². The van der Waals surface area contributed by atoms with Crippen LogP contribution in [0, 0.1) is 0 Å². The summed E-state index contributed by atoms with van der Waals surface area (Å²) in [5.41, 5.74) is 3.85. The van der Waals surface area contributed by atoms with Crippen molar-refractivity contribution in [3.8, 4) is 0 Å². The molecule has 41 heavy (non-hydrogen) atoms. The number of nitrogens with zero attached hydrogens (tertiary/aromatic N) is 3. The third-order valence-electron chi connectivity index (χ3n) is 7.80. The highest BCUT2D eigenvalue weighted by Gasteiger charge is 2.30. The molecule has 7 nitrogen and oxygen atoms in total. The van der Waals surface area contributed by atoms with E-state index < -0.39 is 0 Å². The number of amides is 3. The maximum atomic E-state index is 13.5. The molecule has 3 aromatic rings. The molecule has 0 atom stereocenters. The lowest BCUT2D eigenvalue weighted by molar-refractivity contribution is -0.130. The molecule has 2 aliphatic heterocycles. The molecule has 1 fully saturated rings. The van der Waals surface area contributed by atoms with Crippen molar-refractivity contribution in [2.24, 2.45) is 0 Å². The van der Waals surface area contributed by atoms with Crippen molar-refractivity contribution in [3.05, 3.63) is 86.1 Å². The Hall–Kier alpha value is -3.20. The van der Waals surface area contributed by atoms with Crippen molar-refractivity contribution in [1.29, 1.82) is 0 Å². The number of nitrogens with one attached hydrogen (secondary N) is 1. The molecule has 3 amide bonds. The summed E-state index contributed by atoms with van der Waals surface area (Å²) < 4.78 is 0.537. The number of likely N-dealkylation sites (tertiary alicyclic amines) is 1. The van der Waals surface area contributed by atoms with Crippen LogP contribution in [0.2, 0.25) is 4.34 Å². The van der Waals surface area contributed by atoms with Gasteiger partial charge >= 0.3 is 0 Å². The first-order valence-electron chi connectivity index (χ1n) is 14.5. The van der Waals surface area contributed by atoms with Crippen LogP contribution in [0.3, 0.4) is 0 Å². The monoisotopic (exact) mass is 592 g/mol. The second kappa shape index (κ2) is 13.6. The summed E-state index contributed by atoms with van der Waals surface area (Å²) >= 11 is 7.19. The van der Waals surface area contributed by atoms with Gasteiger partial charge in [0.15, 0.2) is 0 Å². The predicted molar refractivity (Wildman–Crippen MR) is 165 cm³/mol. The Kier molecular flexibility index (Phi) is 9.75. The summed E-state index contributed by atoms with van der Waals surface area (Å²) in [5.74, 6) is -0.242. The van der Waals surface area contributed by atoms with E-state index in [1.54, 1.807) is 23.1 Å².